The van der Waals surface area contributed by atoms with Crippen LogP contribution in [0.4, 0.5) is 9.59 Å². The number of ether oxygens (including phenoxy) is 5. The first kappa shape index (κ1) is 21.7. The van der Waals surface area contributed by atoms with E-state index in [1.54, 1.807) is 85.8 Å². The van der Waals surface area contributed by atoms with Gasteiger partial charge in [0.15, 0.2) is 11.5 Å². The molecule has 0 fully saturated rings. The minimum atomic E-state index is -0.926. The monoisotopic (exact) mass is 444 g/mol. The SMILES string of the molecule is CCOc1cc(OC(=O)Oc2ccccc2)c2ccccc2c1OC(=O)Oc1ccccc1. The molecule has 166 valence electrons. The first-order chi connectivity index (χ1) is 16.1. The highest BCUT2D eigenvalue weighted by Crippen LogP contribution is 2.42. The number of para-hydroxylation sites is 2. The van der Waals surface area contributed by atoms with Crippen LogP contribution >= 0.6 is 0 Å². The standard InChI is InChI=1S/C26H20O7/c1-2-29-23-17-22(32-25(27)30-18-11-5-3-6-12-18)20-15-9-10-16-21(20)24(23)33-26(28)31-19-13-7-4-8-14-19/h3-17H,2H2,1H3. The van der Waals surface area contributed by atoms with Crippen molar-refractivity contribution in [3.63, 3.8) is 0 Å². The molecule has 0 radical (unpaired) electrons. The average Bonchev–Trinajstić information content (AvgIpc) is 2.83. The van der Waals surface area contributed by atoms with Crippen molar-refractivity contribution in [2.24, 2.45) is 0 Å². The number of fused-ring (bicyclic) bond motifs is 1. The number of rotatable bonds is 6. The second-order valence-electron chi connectivity index (χ2n) is 6.71. The minimum absolute atomic E-state index is 0.150. The van der Waals surface area contributed by atoms with Gasteiger partial charge in [-0.15, -0.1) is 0 Å². The first-order valence-electron chi connectivity index (χ1n) is 10.2. The summed E-state index contributed by atoms with van der Waals surface area (Å²) >= 11 is 0. The van der Waals surface area contributed by atoms with Crippen molar-refractivity contribution < 1.29 is 33.3 Å². The molecule has 0 aliphatic rings. The summed E-state index contributed by atoms with van der Waals surface area (Å²) in [7, 11) is 0. The number of carbonyl (C=O) groups excluding carboxylic acids is 2. The molecular weight excluding hydrogens is 424 g/mol. The average molecular weight is 444 g/mol. The van der Waals surface area contributed by atoms with Gasteiger partial charge in [0.2, 0.25) is 0 Å². The van der Waals surface area contributed by atoms with Gasteiger partial charge in [-0.1, -0.05) is 60.7 Å². The van der Waals surface area contributed by atoms with E-state index >= 15 is 0 Å². The van der Waals surface area contributed by atoms with Crippen molar-refractivity contribution in [3.05, 3.63) is 91.0 Å². The van der Waals surface area contributed by atoms with Gasteiger partial charge in [-0.05, 0) is 31.2 Å². The maximum atomic E-state index is 12.4. The maximum Gasteiger partial charge on any atom is 0.519 e. The van der Waals surface area contributed by atoms with Gasteiger partial charge >= 0.3 is 12.3 Å². The van der Waals surface area contributed by atoms with E-state index in [-0.39, 0.29) is 23.9 Å². The van der Waals surface area contributed by atoms with Gasteiger partial charge in [0.25, 0.3) is 0 Å². The van der Waals surface area contributed by atoms with Crippen LogP contribution in [0.1, 0.15) is 6.92 Å². The molecule has 0 heterocycles. The van der Waals surface area contributed by atoms with E-state index in [1.165, 1.54) is 6.07 Å². The van der Waals surface area contributed by atoms with Gasteiger partial charge in [0.1, 0.15) is 17.2 Å². The lowest BCUT2D eigenvalue weighted by Gasteiger charge is -2.16. The van der Waals surface area contributed by atoms with E-state index in [9.17, 15) is 9.59 Å². The molecule has 0 aromatic heterocycles. The molecule has 0 N–H and O–H groups in total. The van der Waals surface area contributed by atoms with E-state index in [0.29, 0.717) is 22.3 Å². The maximum absolute atomic E-state index is 12.4. The molecule has 0 aliphatic carbocycles. The molecule has 4 rings (SSSR count). The van der Waals surface area contributed by atoms with E-state index in [1.807, 2.05) is 6.07 Å². The molecule has 4 aromatic rings. The zero-order valence-electron chi connectivity index (χ0n) is 17.7. The molecule has 7 heteroatoms. The van der Waals surface area contributed by atoms with Crippen LogP contribution in [-0.4, -0.2) is 18.9 Å². The quantitative estimate of drug-likeness (QED) is 0.252. The third kappa shape index (κ3) is 5.40. The van der Waals surface area contributed by atoms with E-state index < -0.39 is 12.3 Å². The predicted octanol–water partition coefficient (Wildman–Crippen LogP) is 6.39. The Morgan fingerprint density at radius 3 is 1.70 bits per heavy atom. The third-order valence-corrected chi connectivity index (χ3v) is 4.49. The Kier molecular flexibility index (Phi) is 6.70. The van der Waals surface area contributed by atoms with Crippen molar-refractivity contribution in [1.29, 1.82) is 0 Å². The number of benzene rings is 4. The van der Waals surface area contributed by atoms with Gasteiger partial charge < -0.3 is 23.7 Å². The minimum Gasteiger partial charge on any atom is -0.490 e. The summed E-state index contributed by atoms with van der Waals surface area (Å²) in [5.74, 6) is 1.24. The largest absolute Gasteiger partial charge is 0.519 e. The van der Waals surface area contributed by atoms with Crippen molar-refractivity contribution >= 4 is 23.1 Å². The Morgan fingerprint density at radius 1 is 0.606 bits per heavy atom. The normalized spacial score (nSPS) is 10.3. The highest BCUT2D eigenvalue weighted by atomic mass is 16.7. The number of hydrogen-bond acceptors (Lipinski definition) is 7. The Bertz CT molecular complexity index is 1250. The lowest BCUT2D eigenvalue weighted by Crippen LogP contribution is -2.16. The molecule has 0 unspecified atom stereocenters. The fraction of sp³-hybridized carbons (Fsp3) is 0.0769. The summed E-state index contributed by atoms with van der Waals surface area (Å²) in [6.45, 7) is 2.07. The topological polar surface area (TPSA) is 80.3 Å². The fourth-order valence-corrected chi connectivity index (χ4v) is 3.13. The van der Waals surface area contributed by atoms with Gasteiger partial charge in [-0.25, -0.2) is 9.59 Å². The smallest absolute Gasteiger partial charge is 0.490 e. The predicted molar refractivity (Wildman–Crippen MR) is 121 cm³/mol. The van der Waals surface area contributed by atoms with Crippen LogP contribution < -0.4 is 23.7 Å². The van der Waals surface area contributed by atoms with E-state index in [4.69, 9.17) is 23.7 Å². The molecule has 0 saturated carbocycles. The van der Waals surface area contributed by atoms with Crippen molar-refractivity contribution in [3.8, 4) is 28.7 Å². The van der Waals surface area contributed by atoms with Gasteiger partial charge in [0.05, 0.1) is 6.61 Å². The number of carbonyl (C=O) groups is 2. The summed E-state index contributed by atoms with van der Waals surface area (Å²) in [5, 5.41) is 1.02. The van der Waals surface area contributed by atoms with Crippen LogP contribution in [0.15, 0.2) is 91.0 Å². The molecule has 0 atom stereocenters. The first-order valence-corrected chi connectivity index (χ1v) is 10.2. The third-order valence-electron chi connectivity index (χ3n) is 4.49. The molecule has 0 aliphatic heterocycles. The summed E-state index contributed by atoms with van der Waals surface area (Å²) in [6, 6.07) is 25.6. The zero-order valence-corrected chi connectivity index (χ0v) is 17.7. The van der Waals surface area contributed by atoms with E-state index in [0.717, 1.165) is 0 Å². The molecule has 7 nitrogen and oxygen atoms in total. The van der Waals surface area contributed by atoms with Crippen LogP contribution in [-0.2, 0) is 0 Å². The summed E-state index contributed by atoms with van der Waals surface area (Å²) < 4.78 is 27.1. The van der Waals surface area contributed by atoms with Gasteiger partial charge in [-0.3, -0.25) is 0 Å². The lowest BCUT2D eigenvalue weighted by molar-refractivity contribution is 0.148. The van der Waals surface area contributed by atoms with E-state index in [2.05, 4.69) is 0 Å². The van der Waals surface area contributed by atoms with Crippen LogP contribution in [0.2, 0.25) is 0 Å². The molecule has 0 bridgehead atoms. The Hall–Kier alpha value is -4.52. The molecular formula is C26H20O7. The molecule has 4 aromatic carbocycles. The van der Waals surface area contributed by atoms with Crippen LogP contribution in [0, 0.1) is 0 Å². The van der Waals surface area contributed by atoms with Crippen molar-refractivity contribution in [2.45, 2.75) is 6.92 Å². The zero-order chi connectivity index (χ0) is 23.0. The van der Waals surface area contributed by atoms with Crippen molar-refractivity contribution in [2.75, 3.05) is 6.61 Å². The fourth-order valence-electron chi connectivity index (χ4n) is 3.13. The molecule has 0 amide bonds. The molecule has 0 saturated heterocycles. The number of hydrogen-bond donors (Lipinski definition) is 0. The Balaban J connectivity index is 1.64. The lowest BCUT2D eigenvalue weighted by atomic mass is 10.1. The summed E-state index contributed by atoms with van der Waals surface area (Å²) in [4.78, 5) is 24.8. The van der Waals surface area contributed by atoms with Crippen LogP contribution in [0.3, 0.4) is 0 Å². The molecule has 33 heavy (non-hydrogen) atoms. The highest BCUT2D eigenvalue weighted by Gasteiger charge is 2.21. The summed E-state index contributed by atoms with van der Waals surface area (Å²) in [6.07, 6.45) is -1.84. The second-order valence-corrected chi connectivity index (χ2v) is 6.71. The van der Waals surface area contributed by atoms with Gasteiger partial charge in [-0.2, -0.15) is 0 Å². The highest BCUT2D eigenvalue weighted by molar-refractivity contribution is 5.97. The van der Waals surface area contributed by atoms with Gasteiger partial charge in [0, 0.05) is 16.8 Å². The second kappa shape index (κ2) is 10.2. The summed E-state index contributed by atoms with van der Waals surface area (Å²) in [5.41, 5.74) is 0. The van der Waals surface area contributed by atoms with Crippen LogP contribution in [0.5, 0.6) is 28.7 Å². The Labute approximate surface area is 190 Å². The van der Waals surface area contributed by atoms with Crippen molar-refractivity contribution in [1.82, 2.24) is 0 Å². The Morgan fingerprint density at radius 2 is 1.12 bits per heavy atom. The van der Waals surface area contributed by atoms with Crippen LogP contribution in [0.25, 0.3) is 10.8 Å². The molecule has 0 spiro atoms.